The van der Waals surface area contributed by atoms with Crippen molar-refractivity contribution in [3.05, 3.63) is 87.4 Å². The number of hydrogen-bond acceptors (Lipinski definition) is 7. The van der Waals surface area contributed by atoms with Crippen LogP contribution in [0.2, 0.25) is 0 Å². The van der Waals surface area contributed by atoms with Crippen LogP contribution in [0.25, 0.3) is 11.5 Å². The highest BCUT2D eigenvalue weighted by Crippen LogP contribution is 2.40. The Balaban J connectivity index is 1.33. The first kappa shape index (κ1) is 21.7. The van der Waals surface area contributed by atoms with Crippen LogP contribution in [0.1, 0.15) is 17.4 Å². The fourth-order valence-electron chi connectivity index (χ4n) is 3.35. The topological polar surface area (TPSA) is 88.1 Å². The van der Waals surface area contributed by atoms with E-state index < -0.39 is 17.9 Å². The number of ether oxygens (including phenoxy) is 2. The van der Waals surface area contributed by atoms with Crippen molar-refractivity contribution in [2.24, 2.45) is 0 Å². The second kappa shape index (κ2) is 8.99. The minimum atomic E-state index is -0.877. The van der Waals surface area contributed by atoms with Crippen molar-refractivity contribution in [1.29, 1.82) is 0 Å². The van der Waals surface area contributed by atoms with Gasteiger partial charge in [0.25, 0.3) is 6.29 Å². The average Bonchev–Trinajstić information content (AvgIpc) is 3.44. The molecule has 3 aliphatic rings. The van der Waals surface area contributed by atoms with Crippen LogP contribution < -0.4 is 5.73 Å². The van der Waals surface area contributed by atoms with Crippen molar-refractivity contribution < 1.29 is 18.3 Å². The van der Waals surface area contributed by atoms with Gasteiger partial charge in [-0.15, -0.1) is 0 Å². The number of hydrogen-bond donors (Lipinski definition) is 1. The van der Waals surface area contributed by atoms with Gasteiger partial charge >= 0.3 is 0 Å². The van der Waals surface area contributed by atoms with Gasteiger partial charge in [0.15, 0.2) is 34.1 Å². The van der Waals surface area contributed by atoms with Gasteiger partial charge in [-0.1, -0.05) is 46.3 Å². The second-order valence-electron chi connectivity index (χ2n) is 7.11. The molecule has 2 aromatic carbocycles. The summed E-state index contributed by atoms with van der Waals surface area (Å²) >= 11 is 4.68. The van der Waals surface area contributed by atoms with Crippen LogP contribution >= 0.6 is 27.7 Å². The minimum Gasteiger partial charge on any atom is -0.454 e. The molecule has 1 unspecified atom stereocenters. The lowest BCUT2D eigenvalue weighted by atomic mass is 10.1. The molecule has 33 heavy (non-hydrogen) atoms. The lowest BCUT2D eigenvalue weighted by Crippen LogP contribution is -2.10. The molecule has 3 aliphatic heterocycles. The van der Waals surface area contributed by atoms with Crippen LogP contribution in [-0.2, 0) is 22.4 Å². The van der Waals surface area contributed by atoms with Crippen molar-refractivity contribution >= 4 is 33.5 Å². The summed E-state index contributed by atoms with van der Waals surface area (Å²) in [6.07, 6.45) is 2.69. The van der Waals surface area contributed by atoms with Crippen LogP contribution in [0.4, 0.5) is 14.6 Å². The van der Waals surface area contributed by atoms with E-state index in [0.717, 1.165) is 16.1 Å². The standard InChI is InChI=1S/C22H16BrF2N5O2S/c23-14-6-2-1-5-13(14)21-31-10-16(32-21)33-22-28-18-19(26)27-11-30(20(18)29-22)9-8-12-4-3-7-15(24)17(12)25/h1-7,10-11,21H,8-9,26H2. The number of fused-ring (bicyclic) bond motifs is 1. The Morgan fingerprint density at radius 1 is 1.12 bits per heavy atom. The van der Waals surface area contributed by atoms with E-state index in [1.807, 2.05) is 24.3 Å². The number of anilines is 1. The molecule has 0 saturated heterocycles. The molecule has 0 fully saturated rings. The van der Waals surface area contributed by atoms with E-state index in [-0.39, 0.29) is 17.8 Å². The maximum atomic E-state index is 14.0. The van der Waals surface area contributed by atoms with E-state index in [0.29, 0.717) is 28.3 Å². The molecule has 0 spiro atoms. The Morgan fingerprint density at radius 3 is 2.82 bits per heavy atom. The summed E-state index contributed by atoms with van der Waals surface area (Å²) in [6.45, 7) is 0.319. The van der Waals surface area contributed by atoms with Crippen molar-refractivity contribution in [2.45, 2.75) is 24.4 Å². The highest BCUT2D eigenvalue weighted by molar-refractivity contribution is 9.10. The second-order valence-corrected chi connectivity index (χ2v) is 8.94. The predicted octanol–water partition coefficient (Wildman–Crippen LogP) is 5.28. The number of nitrogens with zero attached hydrogens (tertiary/aromatic N) is 4. The number of nitrogens with two attached hydrogens (primary N) is 1. The molecule has 0 saturated carbocycles. The molecule has 3 heterocycles. The maximum absolute atomic E-state index is 14.0. The summed E-state index contributed by atoms with van der Waals surface area (Å²) in [6, 6.07) is 11.7. The van der Waals surface area contributed by atoms with Crippen molar-refractivity contribution in [3.8, 4) is 11.5 Å². The van der Waals surface area contributed by atoms with Crippen molar-refractivity contribution in [2.75, 3.05) is 5.73 Å². The third-order valence-corrected chi connectivity index (χ3v) is 6.47. The SMILES string of the molecule is Nc1ncn(CCc2cccc(F)c2F)c2nc(SC3=COC(c4ccccc4Br)O3)nc1-2. The molecule has 5 rings (SSSR count). The van der Waals surface area contributed by atoms with Gasteiger partial charge in [-0.3, -0.25) is 0 Å². The lowest BCUT2D eigenvalue weighted by molar-refractivity contribution is -0.0278. The van der Waals surface area contributed by atoms with Gasteiger partial charge < -0.3 is 19.8 Å². The number of nitrogen functional groups attached to an aromatic ring is 1. The average molecular weight is 532 g/mol. The largest absolute Gasteiger partial charge is 0.454 e. The number of aromatic nitrogens is 4. The van der Waals surface area contributed by atoms with E-state index in [1.165, 1.54) is 30.4 Å². The number of aryl methyl sites for hydroxylation is 2. The zero-order valence-electron chi connectivity index (χ0n) is 16.9. The molecular weight excluding hydrogens is 516 g/mol. The molecule has 0 bridgehead atoms. The number of halogens is 3. The fourth-order valence-corrected chi connectivity index (χ4v) is 4.51. The van der Waals surface area contributed by atoms with Crippen molar-refractivity contribution in [1.82, 2.24) is 19.5 Å². The van der Waals surface area contributed by atoms with E-state index in [4.69, 9.17) is 15.2 Å². The quantitative estimate of drug-likeness (QED) is 0.362. The molecule has 7 nitrogen and oxygen atoms in total. The maximum Gasteiger partial charge on any atom is 0.268 e. The van der Waals surface area contributed by atoms with Gasteiger partial charge in [0.05, 0.1) is 6.33 Å². The number of benzene rings is 2. The summed E-state index contributed by atoms with van der Waals surface area (Å²) in [4.78, 5) is 13.2. The Bertz CT molecular complexity index is 1330. The van der Waals surface area contributed by atoms with Crippen LogP contribution in [0.15, 0.2) is 69.8 Å². The molecule has 0 aromatic heterocycles. The first-order valence-corrected chi connectivity index (χ1v) is 11.5. The third kappa shape index (κ3) is 4.38. The molecule has 1 atom stereocenters. The van der Waals surface area contributed by atoms with Gasteiger partial charge in [0.2, 0.25) is 5.09 Å². The van der Waals surface area contributed by atoms with E-state index in [9.17, 15) is 8.78 Å². The first-order valence-electron chi connectivity index (χ1n) is 9.85. The number of thioether (sulfide) groups is 1. The zero-order chi connectivity index (χ0) is 22.9. The smallest absolute Gasteiger partial charge is 0.268 e. The fraction of sp³-hybridized carbons (Fsp3) is 0.136. The number of rotatable bonds is 6. The Hall–Kier alpha value is -3.18. The molecule has 2 N–H and O–H groups in total. The summed E-state index contributed by atoms with van der Waals surface area (Å²) in [5.41, 5.74) is 7.53. The Labute approximate surface area is 200 Å². The highest BCUT2D eigenvalue weighted by atomic mass is 79.9. The van der Waals surface area contributed by atoms with Crippen LogP contribution in [0.3, 0.4) is 0 Å². The van der Waals surface area contributed by atoms with Gasteiger partial charge in [-0.05, 0) is 35.9 Å². The molecule has 0 amide bonds. The number of imidazole rings is 1. The Morgan fingerprint density at radius 2 is 1.97 bits per heavy atom. The molecular formula is C22H16BrF2N5O2S. The molecule has 2 aromatic rings. The monoisotopic (exact) mass is 531 g/mol. The van der Waals surface area contributed by atoms with Crippen LogP contribution in [0.5, 0.6) is 0 Å². The molecule has 0 aliphatic carbocycles. The lowest BCUT2D eigenvalue weighted by Gasteiger charge is -2.12. The normalized spacial score (nSPS) is 15.4. The molecule has 11 heteroatoms. The summed E-state index contributed by atoms with van der Waals surface area (Å²) in [5.74, 6) is -1.02. The van der Waals surface area contributed by atoms with Crippen LogP contribution in [-0.4, -0.2) is 19.5 Å². The van der Waals surface area contributed by atoms with E-state index >= 15 is 0 Å². The predicted molar refractivity (Wildman–Crippen MR) is 122 cm³/mol. The van der Waals surface area contributed by atoms with Gasteiger partial charge in [0, 0.05) is 16.6 Å². The molecule has 0 radical (unpaired) electrons. The summed E-state index contributed by atoms with van der Waals surface area (Å²) in [5, 5.41) is 0.893. The molecule has 168 valence electrons. The summed E-state index contributed by atoms with van der Waals surface area (Å²) < 4.78 is 41.6. The van der Waals surface area contributed by atoms with E-state index in [2.05, 4.69) is 30.9 Å². The van der Waals surface area contributed by atoms with Gasteiger partial charge in [-0.2, -0.15) is 0 Å². The first-order chi connectivity index (χ1) is 16.0. The highest BCUT2D eigenvalue weighted by Gasteiger charge is 2.27. The third-order valence-electron chi connectivity index (χ3n) is 4.99. The zero-order valence-corrected chi connectivity index (χ0v) is 19.3. The van der Waals surface area contributed by atoms with Gasteiger partial charge in [-0.25, -0.2) is 23.7 Å². The summed E-state index contributed by atoms with van der Waals surface area (Å²) in [7, 11) is 0. The van der Waals surface area contributed by atoms with Gasteiger partial charge in [0.1, 0.15) is 6.26 Å². The van der Waals surface area contributed by atoms with Crippen molar-refractivity contribution in [3.63, 3.8) is 0 Å². The minimum absolute atomic E-state index is 0.223. The van der Waals surface area contributed by atoms with Crippen LogP contribution in [0, 0.1) is 11.6 Å². The Kier molecular flexibility index (Phi) is 5.90. The van der Waals surface area contributed by atoms with E-state index in [1.54, 1.807) is 10.6 Å².